The number of hydrogen-bond acceptors (Lipinski definition) is 4. The molecular formula is C6H6LiNO4S. The van der Waals surface area contributed by atoms with Crippen molar-refractivity contribution >= 4 is 15.8 Å². The Labute approximate surface area is 87.5 Å². The van der Waals surface area contributed by atoms with E-state index in [1.807, 2.05) is 0 Å². The van der Waals surface area contributed by atoms with Gasteiger partial charge in [0.2, 0.25) is 0 Å². The molecule has 0 fully saturated rings. The third-order valence-corrected chi connectivity index (χ3v) is 2.12. The zero-order valence-electron chi connectivity index (χ0n) is 6.89. The number of hydrogen-bond donors (Lipinski definition) is 2. The summed E-state index contributed by atoms with van der Waals surface area (Å²) in [6.07, 6.45) is 0. The molecule has 0 aromatic heterocycles. The van der Waals surface area contributed by atoms with Crippen LogP contribution in [0.25, 0.3) is 0 Å². The molecule has 0 spiro atoms. The van der Waals surface area contributed by atoms with Crippen LogP contribution < -0.4 is 29.7 Å². The average molecular weight is 195 g/mol. The summed E-state index contributed by atoms with van der Waals surface area (Å²) in [6.45, 7) is 0. The molecule has 0 radical (unpaired) electrons. The Morgan fingerprint density at radius 1 is 1.38 bits per heavy atom. The molecule has 1 aromatic carbocycles. The third-order valence-electron chi connectivity index (χ3n) is 1.25. The molecule has 1 aromatic rings. The van der Waals surface area contributed by atoms with Crippen LogP contribution >= 0.6 is 0 Å². The third kappa shape index (κ3) is 2.93. The fraction of sp³-hybridized carbons (Fsp3) is 0. The van der Waals surface area contributed by atoms with Gasteiger partial charge in [-0.2, -0.15) is 8.42 Å². The van der Waals surface area contributed by atoms with Gasteiger partial charge in [-0.25, -0.2) is 0 Å². The van der Waals surface area contributed by atoms with E-state index in [9.17, 15) is 13.5 Å². The van der Waals surface area contributed by atoms with Crippen LogP contribution in [0.15, 0.2) is 23.1 Å². The largest absolute Gasteiger partial charge is 1.00 e. The summed E-state index contributed by atoms with van der Waals surface area (Å²) in [5, 5.41) is 10.8. The molecule has 7 heteroatoms. The van der Waals surface area contributed by atoms with Gasteiger partial charge in [-0.1, -0.05) is 11.8 Å². The molecule has 0 atom stereocenters. The Hall–Kier alpha value is -0.673. The number of nitrogen functional groups attached to an aromatic ring is 1. The van der Waals surface area contributed by atoms with Crippen LogP contribution in [0, 0.1) is 0 Å². The molecule has 0 aliphatic rings. The summed E-state index contributed by atoms with van der Waals surface area (Å²) in [5.41, 5.74) is 5.32. The Bertz CT molecular complexity index is 403. The quantitative estimate of drug-likeness (QED) is 0.276. The molecule has 0 saturated heterocycles. The fourth-order valence-electron chi connectivity index (χ4n) is 0.726. The zero-order valence-corrected chi connectivity index (χ0v) is 7.71. The van der Waals surface area contributed by atoms with Crippen molar-refractivity contribution in [3.63, 3.8) is 0 Å². The summed E-state index contributed by atoms with van der Waals surface area (Å²) < 4.78 is 29.5. The second-order valence-corrected chi connectivity index (χ2v) is 3.57. The second-order valence-electron chi connectivity index (χ2n) is 2.18. The molecular weight excluding hydrogens is 189 g/mol. The van der Waals surface area contributed by atoms with E-state index >= 15 is 0 Å². The van der Waals surface area contributed by atoms with Crippen molar-refractivity contribution < 1.29 is 36.9 Å². The van der Waals surface area contributed by atoms with E-state index in [1.165, 1.54) is 6.07 Å². The van der Waals surface area contributed by atoms with Crippen molar-refractivity contribution in [2.24, 2.45) is 0 Å². The van der Waals surface area contributed by atoms with Gasteiger partial charge in [0.25, 0.3) is 10.1 Å². The predicted octanol–water partition coefficient (Wildman–Crippen LogP) is -3.41. The summed E-state index contributed by atoms with van der Waals surface area (Å²) in [6, 6.07) is 3.16. The van der Waals surface area contributed by atoms with E-state index in [0.717, 1.165) is 12.1 Å². The topological polar surface area (TPSA) is 103 Å². The number of nitrogens with two attached hydrogens (primary N) is 1. The number of anilines is 1. The molecule has 0 aliphatic carbocycles. The van der Waals surface area contributed by atoms with Crippen LogP contribution in [-0.4, -0.2) is 13.0 Å². The first-order valence-electron chi connectivity index (χ1n) is 2.95. The minimum atomic E-state index is -4.45. The summed E-state index contributed by atoms with van der Waals surface area (Å²) in [5.74, 6) is -0.772. The smallest absolute Gasteiger partial charge is 0.872 e. The molecule has 0 bridgehead atoms. The van der Waals surface area contributed by atoms with E-state index in [0.29, 0.717) is 0 Å². The average Bonchev–Trinajstić information content (AvgIpc) is 1.92. The van der Waals surface area contributed by atoms with E-state index in [1.54, 1.807) is 0 Å². The van der Waals surface area contributed by atoms with Gasteiger partial charge in [0.15, 0.2) is 0 Å². The van der Waals surface area contributed by atoms with E-state index in [2.05, 4.69) is 0 Å². The normalized spacial score (nSPS) is 10.5. The Kier molecular flexibility index (Phi) is 3.82. The van der Waals surface area contributed by atoms with Crippen LogP contribution in [0.5, 0.6) is 5.75 Å². The molecule has 5 nitrogen and oxygen atoms in total. The molecule has 0 saturated carbocycles. The summed E-state index contributed by atoms with van der Waals surface area (Å²) in [7, 11) is -4.45. The second kappa shape index (κ2) is 4.02. The predicted molar refractivity (Wildman–Crippen MR) is 40.1 cm³/mol. The Morgan fingerprint density at radius 3 is 2.31 bits per heavy atom. The molecule has 3 N–H and O–H groups in total. The Morgan fingerprint density at radius 2 is 1.92 bits per heavy atom. The van der Waals surface area contributed by atoms with Crippen LogP contribution in [0.3, 0.4) is 0 Å². The van der Waals surface area contributed by atoms with Gasteiger partial charge < -0.3 is 10.8 Å². The van der Waals surface area contributed by atoms with Gasteiger partial charge >= 0.3 is 18.9 Å². The molecule has 13 heavy (non-hydrogen) atoms. The van der Waals surface area contributed by atoms with E-state index in [-0.39, 0.29) is 24.5 Å². The van der Waals surface area contributed by atoms with Gasteiger partial charge in [-0.3, -0.25) is 4.55 Å². The maximum absolute atomic E-state index is 10.8. The van der Waals surface area contributed by atoms with Crippen molar-refractivity contribution in [2.45, 2.75) is 4.90 Å². The molecule has 1 rings (SSSR count). The molecule has 0 unspecified atom stereocenters. The van der Waals surface area contributed by atoms with Crippen LogP contribution in [0.4, 0.5) is 5.69 Å². The van der Waals surface area contributed by atoms with E-state index < -0.39 is 20.8 Å². The Balaban J connectivity index is 0.00000144. The summed E-state index contributed by atoms with van der Waals surface area (Å²) >= 11 is 0. The van der Waals surface area contributed by atoms with Gasteiger partial charge in [0.1, 0.15) is 0 Å². The maximum atomic E-state index is 10.8. The first-order valence-corrected chi connectivity index (χ1v) is 4.39. The fourth-order valence-corrected chi connectivity index (χ4v) is 1.33. The minimum Gasteiger partial charge on any atom is -0.872 e. The van der Waals surface area contributed by atoms with Crippen molar-refractivity contribution in [3.05, 3.63) is 18.2 Å². The standard InChI is InChI=1S/C6H7NO4S.Li/c7-4-1-2-5(8)6(3-4)12(9,10)11;/h1-3,8H,7H2,(H,9,10,11);/q;+1/p-1. The molecule has 66 valence electrons. The van der Waals surface area contributed by atoms with Gasteiger partial charge in [-0.05, 0) is 12.1 Å². The van der Waals surface area contributed by atoms with Crippen LogP contribution in [0.1, 0.15) is 0 Å². The van der Waals surface area contributed by atoms with Crippen LogP contribution in [-0.2, 0) is 10.1 Å². The zero-order chi connectivity index (χ0) is 9.35. The minimum absolute atomic E-state index is 0. The van der Waals surface area contributed by atoms with Crippen molar-refractivity contribution in [3.8, 4) is 5.75 Å². The van der Waals surface area contributed by atoms with Crippen LogP contribution in [0.2, 0.25) is 0 Å². The van der Waals surface area contributed by atoms with Crippen molar-refractivity contribution in [1.82, 2.24) is 0 Å². The van der Waals surface area contributed by atoms with Crippen molar-refractivity contribution in [1.29, 1.82) is 0 Å². The SMILES string of the molecule is Nc1ccc([O-])c(S(=O)(=O)O)c1.[Li+]. The number of rotatable bonds is 1. The van der Waals surface area contributed by atoms with Gasteiger partial charge in [-0.15, -0.1) is 0 Å². The van der Waals surface area contributed by atoms with Gasteiger partial charge in [0.05, 0.1) is 4.90 Å². The molecule has 0 heterocycles. The molecule has 0 aliphatic heterocycles. The van der Waals surface area contributed by atoms with Crippen molar-refractivity contribution in [2.75, 3.05) is 5.73 Å². The summed E-state index contributed by atoms with van der Waals surface area (Å²) in [4.78, 5) is -0.692. The molecule has 0 amide bonds. The number of benzene rings is 1. The first kappa shape index (κ1) is 12.3. The monoisotopic (exact) mass is 195 g/mol. The first-order chi connectivity index (χ1) is 5.41. The van der Waals surface area contributed by atoms with E-state index in [4.69, 9.17) is 10.3 Å². The van der Waals surface area contributed by atoms with Gasteiger partial charge in [0, 0.05) is 5.69 Å². The maximum Gasteiger partial charge on any atom is 1.00 e.